The monoisotopic (exact) mass is 920 g/mol. The van der Waals surface area contributed by atoms with Crippen LogP contribution < -0.4 is 5.73 Å². The quantitative estimate of drug-likeness (QED) is 0.144. The Morgan fingerprint density at radius 2 is 0.986 bits per heavy atom. The van der Waals surface area contributed by atoms with Gasteiger partial charge in [-0.1, -0.05) is 250 Å². The van der Waals surface area contributed by atoms with Gasteiger partial charge in [-0.3, -0.25) is 4.99 Å². The third kappa shape index (κ3) is 6.82. The van der Waals surface area contributed by atoms with Crippen LogP contribution in [0, 0.1) is 0 Å². The van der Waals surface area contributed by atoms with Gasteiger partial charge in [-0.2, -0.15) is 0 Å². The average Bonchev–Trinajstić information content (AvgIpc) is 3.87. The Labute approximate surface area is 422 Å². The van der Waals surface area contributed by atoms with Crippen molar-refractivity contribution in [3.8, 4) is 44.5 Å². The molecule has 0 amide bonds. The van der Waals surface area contributed by atoms with Gasteiger partial charge in [0.15, 0.2) is 0 Å². The first-order valence-electron chi connectivity index (χ1n) is 25.1. The molecule has 342 valence electrons. The molecule has 11 aromatic carbocycles. The molecular formula is C70H52N2. The molecule has 2 nitrogen and oxygen atoms in total. The molecule has 13 rings (SSSR count). The fraction of sp³-hybridized carbons (Fsp3) is 0.0714. The number of nitrogens with two attached hydrogens (primary N) is 1. The van der Waals surface area contributed by atoms with E-state index in [-0.39, 0.29) is 5.41 Å². The zero-order valence-electron chi connectivity index (χ0n) is 40.5. The van der Waals surface area contributed by atoms with Crippen molar-refractivity contribution in [3.63, 3.8) is 0 Å². The lowest BCUT2D eigenvalue weighted by atomic mass is 9.67. The second-order valence-electron chi connectivity index (χ2n) is 19.9. The maximum atomic E-state index is 7.42. The van der Waals surface area contributed by atoms with Crippen LogP contribution in [0.1, 0.15) is 63.9 Å². The lowest BCUT2D eigenvalue weighted by Gasteiger charge is -2.34. The molecule has 11 aromatic rings. The van der Waals surface area contributed by atoms with Gasteiger partial charge in [-0.15, -0.1) is 0 Å². The predicted octanol–water partition coefficient (Wildman–Crippen LogP) is 17.0. The first-order valence-corrected chi connectivity index (χ1v) is 25.1. The molecule has 0 spiro atoms. The Balaban J connectivity index is 0.911. The van der Waals surface area contributed by atoms with Crippen molar-refractivity contribution in [2.75, 3.05) is 0 Å². The van der Waals surface area contributed by atoms with Crippen LogP contribution in [0.4, 0.5) is 0 Å². The molecule has 2 N–H and O–H groups in total. The van der Waals surface area contributed by atoms with Gasteiger partial charge in [0, 0.05) is 22.2 Å². The van der Waals surface area contributed by atoms with Crippen LogP contribution >= 0.6 is 0 Å². The molecule has 72 heavy (non-hydrogen) atoms. The Bertz CT molecular complexity index is 3920. The van der Waals surface area contributed by atoms with Crippen molar-refractivity contribution in [2.45, 2.75) is 31.2 Å². The van der Waals surface area contributed by atoms with Gasteiger partial charge in [-0.25, -0.2) is 0 Å². The average molecular weight is 921 g/mol. The lowest BCUT2D eigenvalue weighted by molar-refractivity contribution is 0.663. The zero-order chi connectivity index (χ0) is 48.4. The minimum Gasteiger partial charge on any atom is -0.398 e. The number of hydrogen-bond acceptors (Lipinski definition) is 2. The second-order valence-corrected chi connectivity index (χ2v) is 19.9. The van der Waals surface area contributed by atoms with Crippen molar-refractivity contribution in [1.82, 2.24) is 0 Å². The summed E-state index contributed by atoms with van der Waals surface area (Å²) in [6, 6.07) is 90.6. The molecule has 0 atom stereocenters. The van der Waals surface area contributed by atoms with Crippen molar-refractivity contribution in [2.24, 2.45) is 10.7 Å². The highest BCUT2D eigenvalue weighted by atomic mass is 14.7. The van der Waals surface area contributed by atoms with Crippen LogP contribution in [-0.2, 0) is 17.4 Å². The van der Waals surface area contributed by atoms with E-state index in [4.69, 9.17) is 10.7 Å². The molecule has 0 unspecified atom stereocenters. The van der Waals surface area contributed by atoms with Crippen LogP contribution in [0.3, 0.4) is 0 Å². The molecule has 0 aliphatic heterocycles. The highest BCUT2D eigenvalue weighted by molar-refractivity contribution is 6.18. The summed E-state index contributed by atoms with van der Waals surface area (Å²) < 4.78 is 0. The number of nitrogens with zero attached hydrogens (tertiary/aromatic N) is 1. The summed E-state index contributed by atoms with van der Waals surface area (Å²) in [4.78, 5) is 5.47. The van der Waals surface area contributed by atoms with Gasteiger partial charge in [0.05, 0.1) is 17.7 Å². The first kappa shape index (κ1) is 43.2. The van der Waals surface area contributed by atoms with E-state index in [1.165, 1.54) is 83.1 Å². The van der Waals surface area contributed by atoms with Gasteiger partial charge >= 0.3 is 0 Å². The maximum absolute atomic E-state index is 7.42. The summed E-state index contributed by atoms with van der Waals surface area (Å²) in [7, 11) is 0. The fourth-order valence-corrected chi connectivity index (χ4v) is 12.3. The number of rotatable bonds is 9. The third-order valence-electron chi connectivity index (χ3n) is 15.6. The molecule has 0 fully saturated rings. The van der Waals surface area contributed by atoms with E-state index < -0.39 is 5.41 Å². The molecule has 0 bridgehead atoms. The molecule has 0 saturated carbocycles. The summed E-state index contributed by atoms with van der Waals surface area (Å²) in [6.45, 7) is 5.27. The summed E-state index contributed by atoms with van der Waals surface area (Å²) in [5.41, 5.74) is 29.0. The highest BCUT2D eigenvalue weighted by Crippen LogP contribution is 2.57. The van der Waals surface area contributed by atoms with E-state index in [9.17, 15) is 0 Å². The molecule has 2 aliphatic rings. The molecule has 0 heterocycles. The van der Waals surface area contributed by atoms with Crippen molar-refractivity contribution >= 4 is 33.0 Å². The van der Waals surface area contributed by atoms with Crippen LogP contribution in [0.2, 0.25) is 0 Å². The van der Waals surface area contributed by atoms with E-state index >= 15 is 0 Å². The number of benzene rings is 11. The fourth-order valence-electron chi connectivity index (χ4n) is 12.3. The van der Waals surface area contributed by atoms with Crippen LogP contribution in [-0.4, -0.2) is 5.71 Å². The predicted molar refractivity (Wildman–Crippen MR) is 302 cm³/mol. The maximum Gasteiger partial charge on any atom is 0.0713 e. The van der Waals surface area contributed by atoms with Gasteiger partial charge in [0.25, 0.3) is 0 Å². The van der Waals surface area contributed by atoms with Crippen LogP contribution in [0.15, 0.2) is 260 Å². The van der Waals surface area contributed by atoms with Crippen LogP contribution in [0.5, 0.6) is 0 Å². The normalized spacial score (nSPS) is 14.2. The van der Waals surface area contributed by atoms with Crippen molar-refractivity contribution in [3.05, 3.63) is 305 Å². The third-order valence-corrected chi connectivity index (χ3v) is 15.6. The Hall–Kier alpha value is -8.85. The number of aliphatic imine (C=N–C) groups is 1. The SMILES string of the molecule is CC1(C)c2cc3ccccc3cc2-c2cccc(-c3ccc(-c4ccc(/C(N)=C/C(=NCc5ccccc5)c5cccc6c5-c5ccccc5C6(c5ccccc5)c5ccccc5)c5ccccc45)cc3)c21. The molecule has 2 aliphatic carbocycles. The minimum absolute atomic E-state index is 0.143. The Morgan fingerprint density at radius 1 is 0.431 bits per heavy atom. The van der Waals surface area contributed by atoms with Gasteiger partial charge < -0.3 is 5.73 Å². The smallest absolute Gasteiger partial charge is 0.0713 e. The summed E-state index contributed by atoms with van der Waals surface area (Å²) in [5, 5.41) is 4.81. The molecule has 2 heteroatoms. The largest absolute Gasteiger partial charge is 0.398 e. The number of hydrogen-bond donors (Lipinski definition) is 1. The zero-order valence-corrected chi connectivity index (χ0v) is 40.5. The van der Waals surface area contributed by atoms with E-state index in [0.29, 0.717) is 12.2 Å². The summed E-state index contributed by atoms with van der Waals surface area (Å²) in [5.74, 6) is 0. The topological polar surface area (TPSA) is 38.4 Å². The highest BCUT2D eigenvalue weighted by Gasteiger charge is 2.47. The van der Waals surface area contributed by atoms with Gasteiger partial charge in [0.2, 0.25) is 0 Å². The molecule has 0 saturated heterocycles. The summed E-state index contributed by atoms with van der Waals surface area (Å²) >= 11 is 0. The standard InChI is InChI=1S/C70H52N2/c1-69(2)64-43-50-23-13-12-22-49(50)42-61(64)58-32-18-31-54(68(58)69)48-38-36-47(37-39-48)53-40-41-57(56-29-15-14-28-55(53)56)65(71)44-66(72-45-46-20-6-3-7-21-46)60-33-19-35-63-67(60)59-30-16-17-34-62(59)70(63,51-24-8-4-9-25-51)52-26-10-5-11-27-52/h3-44H,45,71H2,1-2H3/b65-44-,72-66?. The Morgan fingerprint density at radius 3 is 1.71 bits per heavy atom. The van der Waals surface area contributed by atoms with Crippen LogP contribution in [0.25, 0.3) is 71.7 Å². The second kappa shape index (κ2) is 17.2. The molecule has 0 radical (unpaired) electrons. The summed E-state index contributed by atoms with van der Waals surface area (Å²) in [6.07, 6.45) is 2.11. The lowest BCUT2D eigenvalue weighted by Crippen LogP contribution is -2.28. The first-order chi connectivity index (χ1) is 35.4. The van der Waals surface area contributed by atoms with Gasteiger partial charge in [0.1, 0.15) is 0 Å². The van der Waals surface area contributed by atoms with E-state index in [2.05, 4.69) is 269 Å². The van der Waals surface area contributed by atoms with E-state index in [1.54, 1.807) is 0 Å². The van der Waals surface area contributed by atoms with Crippen molar-refractivity contribution < 1.29 is 0 Å². The Kier molecular flexibility index (Phi) is 10.3. The number of allylic oxidation sites excluding steroid dienone is 1. The number of fused-ring (bicyclic) bond motifs is 8. The van der Waals surface area contributed by atoms with E-state index in [0.717, 1.165) is 38.7 Å². The van der Waals surface area contributed by atoms with E-state index in [1.807, 2.05) is 0 Å². The minimum atomic E-state index is -0.534. The van der Waals surface area contributed by atoms with Gasteiger partial charge in [-0.05, 0) is 123 Å². The van der Waals surface area contributed by atoms with Crippen molar-refractivity contribution in [1.29, 1.82) is 0 Å². The molecular weight excluding hydrogens is 869 g/mol. The molecule has 0 aromatic heterocycles.